The number of carboxylic acids is 1. The smallest absolute Gasteiger partial charge is 0.339 e. The Morgan fingerprint density at radius 2 is 1.84 bits per heavy atom. The Hall–Kier alpha value is -2.26. The van der Waals surface area contributed by atoms with Crippen LogP contribution in [-0.2, 0) is 0 Å². The minimum Gasteiger partial charge on any atom is -0.478 e. The van der Waals surface area contributed by atoms with E-state index in [0.717, 1.165) is 5.56 Å². The van der Waals surface area contributed by atoms with Crippen LogP contribution in [0.4, 0.5) is 0 Å². The standard InChI is InChI=1S/C15H9ClO3/c16-11-6-10-7-13(9-4-2-1-3-5-9)19-14(10)12(8-11)15(17)18/h1-8H,(H,17,18). The van der Waals surface area contributed by atoms with E-state index in [0.29, 0.717) is 21.8 Å². The number of hydrogen-bond acceptors (Lipinski definition) is 2. The van der Waals surface area contributed by atoms with Gasteiger partial charge in [-0.1, -0.05) is 41.9 Å². The van der Waals surface area contributed by atoms with Crippen LogP contribution in [0.15, 0.2) is 52.9 Å². The van der Waals surface area contributed by atoms with E-state index in [1.54, 1.807) is 12.1 Å². The monoisotopic (exact) mass is 272 g/mol. The number of rotatable bonds is 2. The second kappa shape index (κ2) is 4.44. The highest BCUT2D eigenvalue weighted by molar-refractivity contribution is 6.32. The number of fused-ring (bicyclic) bond motifs is 1. The second-order valence-electron chi connectivity index (χ2n) is 4.15. The molecule has 0 saturated heterocycles. The highest BCUT2D eigenvalue weighted by Gasteiger charge is 2.15. The van der Waals surface area contributed by atoms with Crippen molar-refractivity contribution in [2.75, 3.05) is 0 Å². The zero-order valence-corrected chi connectivity index (χ0v) is 10.5. The summed E-state index contributed by atoms with van der Waals surface area (Å²) < 4.78 is 5.66. The van der Waals surface area contributed by atoms with E-state index in [9.17, 15) is 4.79 Å². The highest BCUT2D eigenvalue weighted by atomic mass is 35.5. The van der Waals surface area contributed by atoms with Crippen LogP contribution < -0.4 is 0 Å². The molecule has 0 aliphatic rings. The minimum absolute atomic E-state index is 0.0738. The maximum absolute atomic E-state index is 11.2. The lowest BCUT2D eigenvalue weighted by Gasteiger charge is -1.97. The third-order valence-electron chi connectivity index (χ3n) is 2.87. The number of carboxylic acid groups (broad SMARTS) is 1. The summed E-state index contributed by atoms with van der Waals surface area (Å²) in [7, 11) is 0. The van der Waals surface area contributed by atoms with Crippen molar-refractivity contribution in [3.8, 4) is 11.3 Å². The summed E-state index contributed by atoms with van der Waals surface area (Å²) in [4.78, 5) is 11.2. The SMILES string of the molecule is O=C(O)c1cc(Cl)cc2cc(-c3ccccc3)oc12. The van der Waals surface area contributed by atoms with Crippen molar-refractivity contribution in [2.24, 2.45) is 0 Å². The van der Waals surface area contributed by atoms with Crippen molar-refractivity contribution < 1.29 is 14.3 Å². The van der Waals surface area contributed by atoms with Crippen LogP contribution in [0.2, 0.25) is 5.02 Å². The molecule has 0 unspecified atom stereocenters. The van der Waals surface area contributed by atoms with Crippen LogP contribution in [0.5, 0.6) is 0 Å². The molecule has 0 saturated carbocycles. The Morgan fingerprint density at radius 3 is 2.53 bits per heavy atom. The van der Waals surface area contributed by atoms with E-state index >= 15 is 0 Å². The van der Waals surface area contributed by atoms with E-state index in [-0.39, 0.29) is 5.56 Å². The first-order valence-corrected chi connectivity index (χ1v) is 6.05. The number of benzene rings is 2. The zero-order valence-electron chi connectivity index (χ0n) is 9.76. The first kappa shape index (κ1) is 11.8. The van der Waals surface area contributed by atoms with Crippen molar-refractivity contribution in [2.45, 2.75) is 0 Å². The van der Waals surface area contributed by atoms with E-state index in [2.05, 4.69) is 0 Å². The van der Waals surface area contributed by atoms with Crippen LogP contribution in [0.1, 0.15) is 10.4 Å². The second-order valence-corrected chi connectivity index (χ2v) is 4.59. The largest absolute Gasteiger partial charge is 0.478 e. The van der Waals surface area contributed by atoms with Crippen molar-refractivity contribution in [1.82, 2.24) is 0 Å². The molecule has 1 heterocycles. The van der Waals surface area contributed by atoms with Crippen molar-refractivity contribution in [3.63, 3.8) is 0 Å². The number of hydrogen-bond donors (Lipinski definition) is 1. The molecule has 3 rings (SSSR count). The molecule has 0 fully saturated rings. The Morgan fingerprint density at radius 1 is 1.11 bits per heavy atom. The fourth-order valence-corrected chi connectivity index (χ4v) is 2.25. The van der Waals surface area contributed by atoms with Gasteiger partial charge in [-0.05, 0) is 18.2 Å². The van der Waals surface area contributed by atoms with Crippen molar-refractivity contribution in [3.05, 3.63) is 59.1 Å². The molecule has 0 aliphatic carbocycles. The summed E-state index contributed by atoms with van der Waals surface area (Å²) in [6.07, 6.45) is 0. The molecule has 0 radical (unpaired) electrons. The van der Waals surface area contributed by atoms with Crippen molar-refractivity contribution >= 4 is 28.5 Å². The molecule has 0 bridgehead atoms. The predicted octanol–water partition coefficient (Wildman–Crippen LogP) is 4.45. The van der Waals surface area contributed by atoms with Gasteiger partial charge in [-0.25, -0.2) is 4.79 Å². The molecule has 0 atom stereocenters. The lowest BCUT2D eigenvalue weighted by atomic mass is 10.1. The quantitative estimate of drug-likeness (QED) is 0.750. The van der Waals surface area contributed by atoms with Crippen LogP contribution in [-0.4, -0.2) is 11.1 Å². The van der Waals surface area contributed by atoms with Crippen LogP contribution >= 0.6 is 11.6 Å². The minimum atomic E-state index is -1.05. The number of halogens is 1. The fraction of sp³-hybridized carbons (Fsp3) is 0. The van der Waals surface area contributed by atoms with Gasteiger partial charge in [0.25, 0.3) is 0 Å². The summed E-state index contributed by atoms with van der Waals surface area (Å²) in [5.41, 5.74) is 1.31. The molecule has 3 aromatic rings. The van der Waals surface area contributed by atoms with E-state index in [1.165, 1.54) is 6.07 Å². The Kier molecular flexibility index (Phi) is 2.76. The average molecular weight is 273 g/mol. The molecular weight excluding hydrogens is 264 g/mol. The lowest BCUT2D eigenvalue weighted by molar-refractivity contribution is 0.0698. The number of carbonyl (C=O) groups is 1. The van der Waals surface area contributed by atoms with Gasteiger partial charge in [-0.3, -0.25) is 0 Å². The number of furan rings is 1. The van der Waals surface area contributed by atoms with Crippen LogP contribution in [0.3, 0.4) is 0 Å². The molecule has 3 nitrogen and oxygen atoms in total. The summed E-state index contributed by atoms with van der Waals surface area (Å²) in [6, 6.07) is 14.4. The van der Waals surface area contributed by atoms with E-state index < -0.39 is 5.97 Å². The molecule has 1 N–H and O–H groups in total. The van der Waals surface area contributed by atoms with Gasteiger partial charge in [-0.15, -0.1) is 0 Å². The Balaban J connectivity index is 2.26. The third kappa shape index (κ3) is 2.09. The van der Waals surface area contributed by atoms with E-state index in [4.69, 9.17) is 21.1 Å². The molecule has 1 aromatic heterocycles. The lowest BCUT2D eigenvalue weighted by Crippen LogP contribution is -1.96. The summed E-state index contributed by atoms with van der Waals surface area (Å²) in [5, 5.41) is 10.2. The first-order valence-electron chi connectivity index (χ1n) is 5.67. The number of aromatic carboxylic acids is 1. The summed E-state index contributed by atoms with van der Waals surface area (Å²) in [5.74, 6) is -0.429. The van der Waals surface area contributed by atoms with Crippen LogP contribution in [0.25, 0.3) is 22.3 Å². The van der Waals surface area contributed by atoms with Crippen molar-refractivity contribution in [1.29, 1.82) is 0 Å². The normalized spacial score (nSPS) is 10.8. The Bertz CT molecular complexity index is 760. The molecular formula is C15H9ClO3. The molecule has 4 heteroatoms. The predicted molar refractivity (Wildman–Crippen MR) is 73.6 cm³/mol. The fourth-order valence-electron chi connectivity index (χ4n) is 2.02. The topological polar surface area (TPSA) is 50.4 Å². The third-order valence-corrected chi connectivity index (χ3v) is 3.09. The van der Waals surface area contributed by atoms with Gasteiger partial charge < -0.3 is 9.52 Å². The van der Waals surface area contributed by atoms with Gasteiger partial charge in [0.15, 0.2) is 0 Å². The Labute approximate surface area is 114 Å². The van der Waals surface area contributed by atoms with E-state index in [1.807, 2.05) is 30.3 Å². The van der Waals surface area contributed by atoms with Crippen LogP contribution in [0, 0.1) is 0 Å². The molecule has 94 valence electrons. The molecule has 0 amide bonds. The molecule has 0 aliphatic heterocycles. The summed E-state index contributed by atoms with van der Waals surface area (Å²) >= 11 is 5.92. The highest BCUT2D eigenvalue weighted by Crippen LogP contribution is 2.32. The van der Waals surface area contributed by atoms with Gasteiger partial charge in [0.2, 0.25) is 0 Å². The maximum atomic E-state index is 11.2. The first-order chi connectivity index (χ1) is 9.15. The van der Waals surface area contributed by atoms with Gasteiger partial charge in [0.1, 0.15) is 16.9 Å². The molecule has 0 spiro atoms. The summed E-state index contributed by atoms with van der Waals surface area (Å²) in [6.45, 7) is 0. The molecule has 2 aromatic carbocycles. The van der Waals surface area contributed by atoms with Gasteiger partial charge in [0, 0.05) is 16.0 Å². The van der Waals surface area contributed by atoms with Gasteiger partial charge >= 0.3 is 5.97 Å². The average Bonchev–Trinajstić information content (AvgIpc) is 2.82. The maximum Gasteiger partial charge on any atom is 0.339 e. The molecule has 19 heavy (non-hydrogen) atoms. The van der Waals surface area contributed by atoms with Gasteiger partial charge in [0.05, 0.1) is 0 Å². The zero-order chi connectivity index (χ0) is 13.4. The van der Waals surface area contributed by atoms with Gasteiger partial charge in [-0.2, -0.15) is 0 Å².